The molecule has 0 aromatic heterocycles. The average molecular weight is 442 g/mol. The SMILES string of the molecule is COc1ccc(C2=C(Nc3ccc(F)c(F)c3)C(=O)N(c3ccc(F)cc3F)C2=O)cc1. The van der Waals surface area contributed by atoms with Crippen LogP contribution in [0.3, 0.4) is 0 Å². The van der Waals surface area contributed by atoms with Gasteiger partial charge in [0.2, 0.25) is 0 Å². The third-order valence-corrected chi connectivity index (χ3v) is 4.80. The number of ether oxygens (including phenoxy) is 1. The Bertz CT molecular complexity index is 1270. The summed E-state index contributed by atoms with van der Waals surface area (Å²) in [5.74, 6) is -5.60. The highest BCUT2D eigenvalue weighted by Crippen LogP contribution is 2.35. The molecule has 0 saturated carbocycles. The molecular weight excluding hydrogens is 428 g/mol. The Morgan fingerprint density at radius 3 is 2.12 bits per heavy atom. The minimum atomic E-state index is -1.17. The molecule has 0 atom stereocenters. The first-order valence-electron chi connectivity index (χ1n) is 9.24. The molecule has 0 spiro atoms. The first-order valence-corrected chi connectivity index (χ1v) is 9.24. The molecule has 1 N–H and O–H groups in total. The molecule has 1 heterocycles. The molecule has 0 unspecified atom stereocenters. The van der Waals surface area contributed by atoms with Crippen molar-refractivity contribution in [1.82, 2.24) is 0 Å². The fourth-order valence-electron chi connectivity index (χ4n) is 3.27. The van der Waals surface area contributed by atoms with Crippen molar-refractivity contribution >= 4 is 28.8 Å². The van der Waals surface area contributed by atoms with Crippen molar-refractivity contribution in [3.8, 4) is 5.75 Å². The second kappa shape index (κ2) is 8.18. The number of nitrogens with one attached hydrogen (secondary N) is 1. The summed E-state index contributed by atoms with van der Waals surface area (Å²) < 4.78 is 59.8. The topological polar surface area (TPSA) is 58.6 Å². The zero-order chi connectivity index (χ0) is 23.0. The van der Waals surface area contributed by atoms with E-state index in [0.29, 0.717) is 22.3 Å². The number of hydrogen-bond donors (Lipinski definition) is 1. The molecule has 1 aliphatic rings. The van der Waals surface area contributed by atoms with Crippen molar-refractivity contribution in [2.75, 3.05) is 17.3 Å². The van der Waals surface area contributed by atoms with E-state index >= 15 is 0 Å². The van der Waals surface area contributed by atoms with Gasteiger partial charge in [-0.2, -0.15) is 0 Å². The number of amides is 2. The number of hydrogen-bond acceptors (Lipinski definition) is 4. The smallest absolute Gasteiger partial charge is 0.282 e. The van der Waals surface area contributed by atoms with Gasteiger partial charge in [-0.3, -0.25) is 9.59 Å². The van der Waals surface area contributed by atoms with Crippen LogP contribution in [0.4, 0.5) is 28.9 Å². The van der Waals surface area contributed by atoms with E-state index in [1.54, 1.807) is 12.1 Å². The molecule has 4 rings (SSSR count). The number of methoxy groups -OCH3 is 1. The van der Waals surface area contributed by atoms with Crippen LogP contribution in [0.5, 0.6) is 5.75 Å². The number of nitrogens with zero attached hydrogens (tertiary/aromatic N) is 1. The molecule has 5 nitrogen and oxygen atoms in total. The lowest BCUT2D eigenvalue weighted by Gasteiger charge is -2.16. The Morgan fingerprint density at radius 2 is 1.50 bits per heavy atom. The molecule has 0 bridgehead atoms. The van der Waals surface area contributed by atoms with Crippen molar-refractivity contribution in [1.29, 1.82) is 0 Å². The van der Waals surface area contributed by atoms with E-state index in [1.165, 1.54) is 25.3 Å². The second-order valence-electron chi connectivity index (χ2n) is 6.77. The molecular formula is C23H14F4N2O3. The van der Waals surface area contributed by atoms with Crippen LogP contribution >= 0.6 is 0 Å². The molecule has 3 aromatic rings. The molecule has 0 radical (unpaired) electrons. The zero-order valence-corrected chi connectivity index (χ0v) is 16.5. The normalized spacial score (nSPS) is 13.7. The second-order valence-corrected chi connectivity index (χ2v) is 6.77. The van der Waals surface area contributed by atoms with Crippen LogP contribution < -0.4 is 15.0 Å². The summed E-state index contributed by atoms with van der Waals surface area (Å²) in [4.78, 5) is 26.9. The van der Waals surface area contributed by atoms with Crippen molar-refractivity contribution in [2.24, 2.45) is 0 Å². The molecule has 32 heavy (non-hydrogen) atoms. The van der Waals surface area contributed by atoms with Gasteiger partial charge >= 0.3 is 0 Å². The number of carbonyl (C=O) groups is 2. The van der Waals surface area contributed by atoms with Crippen molar-refractivity contribution in [3.05, 3.63) is 95.2 Å². The van der Waals surface area contributed by atoms with Crippen LogP contribution in [0.25, 0.3) is 5.57 Å². The largest absolute Gasteiger partial charge is 0.497 e. The Labute approximate surface area is 179 Å². The standard InChI is InChI=1S/C23H14F4N2O3/c1-32-15-6-2-12(3-7-15)20-21(28-14-5-8-16(25)17(26)11-14)23(31)29(22(20)30)19-9-4-13(24)10-18(19)27/h2-11,28H,1H3. The van der Waals surface area contributed by atoms with E-state index < -0.39 is 40.8 Å². The van der Waals surface area contributed by atoms with Gasteiger partial charge in [0.15, 0.2) is 11.6 Å². The van der Waals surface area contributed by atoms with Gasteiger partial charge in [-0.15, -0.1) is 0 Å². The molecule has 2 amide bonds. The van der Waals surface area contributed by atoms with Crippen LogP contribution in [0.2, 0.25) is 0 Å². The van der Waals surface area contributed by atoms with Gasteiger partial charge in [0.25, 0.3) is 11.8 Å². The predicted octanol–water partition coefficient (Wildman–Crippen LogP) is 4.65. The molecule has 162 valence electrons. The molecule has 9 heteroatoms. The van der Waals surface area contributed by atoms with E-state index in [0.717, 1.165) is 24.3 Å². The van der Waals surface area contributed by atoms with E-state index in [2.05, 4.69) is 5.32 Å². The van der Waals surface area contributed by atoms with Crippen molar-refractivity contribution in [2.45, 2.75) is 0 Å². The van der Waals surface area contributed by atoms with E-state index in [-0.39, 0.29) is 17.0 Å². The number of benzene rings is 3. The van der Waals surface area contributed by atoms with Crippen LogP contribution in [0.15, 0.2) is 66.4 Å². The first kappa shape index (κ1) is 21.1. The summed E-state index contributed by atoms with van der Waals surface area (Å²) in [6.45, 7) is 0. The van der Waals surface area contributed by atoms with E-state index in [1.807, 2.05) is 0 Å². The number of carbonyl (C=O) groups excluding carboxylic acids is 2. The Morgan fingerprint density at radius 1 is 0.781 bits per heavy atom. The van der Waals surface area contributed by atoms with Crippen LogP contribution in [0.1, 0.15) is 5.56 Å². The minimum Gasteiger partial charge on any atom is -0.497 e. The van der Waals surface area contributed by atoms with Gasteiger partial charge in [-0.25, -0.2) is 22.5 Å². The van der Waals surface area contributed by atoms with Gasteiger partial charge in [0, 0.05) is 17.8 Å². The third kappa shape index (κ3) is 3.68. The Kier molecular flexibility index (Phi) is 5.40. The summed E-state index contributed by atoms with van der Waals surface area (Å²) in [6.07, 6.45) is 0. The summed E-state index contributed by atoms with van der Waals surface area (Å²) in [5.41, 5.74) is -0.581. The molecule has 3 aromatic carbocycles. The van der Waals surface area contributed by atoms with Gasteiger partial charge in [0.05, 0.1) is 18.4 Å². The van der Waals surface area contributed by atoms with Crippen molar-refractivity contribution in [3.63, 3.8) is 0 Å². The van der Waals surface area contributed by atoms with E-state index in [9.17, 15) is 27.2 Å². The van der Waals surface area contributed by atoms with Crippen molar-refractivity contribution < 1.29 is 31.9 Å². The summed E-state index contributed by atoms with van der Waals surface area (Å²) in [6, 6.07) is 11.4. The summed E-state index contributed by atoms with van der Waals surface area (Å²) in [5, 5.41) is 2.63. The Hall–Kier alpha value is -4.14. The zero-order valence-electron chi connectivity index (χ0n) is 16.5. The molecule has 0 saturated heterocycles. The number of rotatable bonds is 5. The quantitative estimate of drug-likeness (QED) is 0.462. The van der Waals surface area contributed by atoms with Gasteiger partial charge in [-0.05, 0) is 42.0 Å². The van der Waals surface area contributed by atoms with Crippen LogP contribution in [0, 0.1) is 23.3 Å². The number of imide groups is 1. The fourth-order valence-corrected chi connectivity index (χ4v) is 3.27. The number of halogens is 4. The maximum Gasteiger partial charge on any atom is 0.282 e. The average Bonchev–Trinajstić information content (AvgIpc) is 3.00. The molecule has 1 aliphatic heterocycles. The summed E-state index contributed by atoms with van der Waals surface area (Å²) >= 11 is 0. The lowest BCUT2D eigenvalue weighted by atomic mass is 10.0. The first-order chi connectivity index (χ1) is 15.3. The molecule has 0 fully saturated rings. The maximum absolute atomic E-state index is 14.4. The highest BCUT2D eigenvalue weighted by molar-refractivity contribution is 6.46. The maximum atomic E-state index is 14.4. The van der Waals surface area contributed by atoms with Gasteiger partial charge in [0.1, 0.15) is 23.1 Å². The Balaban J connectivity index is 1.83. The summed E-state index contributed by atoms with van der Waals surface area (Å²) in [7, 11) is 1.45. The lowest BCUT2D eigenvalue weighted by Crippen LogP contribution is -2.33. The minimum absolute atomic E-state index is 0.00695. The highest BCUT2D eigenvalue weighted by Gasteiger charge is 2.41. The van der Waals surface area contributed by atoms with Crippen LogP contribution in [-0.4, -0.2) is 18.9 Å². The van der Waals surface area contributed by atoms with Gasteiger partial charge in [-0.1, -0.05) is 12.1 Å². The highest BCUT2D eigenvalue weighted by atomic mass is 19.2. The van der Waals surface area contributed by atoms with Gasteiger partial charge < -0.3 is 10.1 Å². The molecule has 0 aliphatic carbocycles. The third-order valence-electron chi connectivity index (χ3n) is 4.80. The predicted molar refractivity (Wildman–Crippen MR) is 109 cm³/mol. The number of anilines is 2. The van der Waals surface area contributed by atoms with E-state index in [4.69, 9.17) is 4.74 Å². The van der Waals surface area contributed by atoms with Crippen LogP contribution in [-0.2, 0) is 9.59 Å². The fraction of sp³-hybridized carbons (Fsp3) is 0.0435. The monoisotopic (exact) mass is 442 g/mol. The lowest BCUT2D eigenvalue weighted by molar-refractivity contribution is -0.120.